The first-order chi connectivity index (χ1) is 8.16. The average Bonchev–Trinajstić information content (AvgIpc) is 2.75. The van der Waals surface area contributed by atoms with Crippen molar-refractivity contribution < 1.29 is 4.79 Å². The van der Waals surface area contributed by atoms with E-state index in [1.54, 1.807) is 0 Å². The number of carbonyl (C=O) groups is 1. The second kappa shape index (κ2) is 5.21. The normalized spacial score (nSPS) is 12.4. The summed E-state index contributed by atoms with van der Waals surface area (Å²) in [6, 6.07) is 8.86. The maximum atomic E-state index is 12.0. The van der Waals surface area contributed by atoms with Gasteiger partial charge in [0.05, 0.1) is 12.5 Å². The highest BCUT2D eigenvalue weighted by Crippen LogP contribution is 2.15. The fourth-order valence-corrected chi connectivity index (χ4v) is 2.37. The topological polar surface area (TPSA) is 56.0 Å². The summed E-state index contributed by atoms with van der Waals surface area (Å²) < 4.78 is 0. The lowest BCUT2D eigenvalue weighted by atomic mass is 10.0. The molecule has 1 aromatic heterocycles. The van der Waals surface area contributed by atoms with Crippen molar-refractivity contribution in [2.45, 2.75) is 19.4 Å². The Balaban J connectivity index is 2.06. The smallest absolute Gasteiger partial charge is 0.160 e. The molecule has 0 aliphatic carbocycles. The van der Waals surface area contributed by atoms with Gasteiger partial charge in [0.15, 0.2) is 5.78 Å². The summed E-state index contributed by atoms with van der Waals surface area (Å²) in [5.74, 6) is 0.00514. The molecule has 0 amide bonds. The van der Waals surface area contributed by atoms with Crippen LogP contribution in [0.3, 0.4) is 0 Å². The minimum atomic E-state index is -0.555. The van der Waals surface area contributed by atoms with Crippen LogP contribution in [0.2, 0.25) is 0 Å². The quantitative estimate of drug-likeness (QED) is 0.900. The summed E-state index contributed by atoms with van der Waals surface area (Å²) in [4.78, 5) is 16.2. The first-order valence-corrected chi connectivity index (χ1v) is 6.29. The maximum Gasteiger partial charge on any atom is 0.160 e. The minimum Gasteiger partial charge on any atom is -0.318 e. The van der Waals surface area contributed by atoms with Crippen molar-refractivity contribution in [3.8, 4) is 0 Å². The molecule has 0 unspecified atom stereocenters. The summed E-state index contributed by atoms with van der Waals surface area (Å²) >= 11 is 1.50. The van der Waals surface area contributed by atoms with Crippen molar-refractivity contribution in [3.63, 3.8) is 0 Å². The summed E-state index contributed by atoms with van der Waals surface area (Å²) in [6.45, 7) is 1.92. The molecule has 0 aliphatic rings. The van der Waals surface area contributed by atoms with Crippen LogP contribution in [0.25, 0.3) is 0 Å². The van der Waals surface area contributed by atoms with E-state index in [1.807, 2.05) is 42.6 Å². The molecule has 0 saturated carbocycles. The van der Waals surface area contributed by atoms with Gasteiger partial charge >= 0.3 is 0 Å². The molecular formula is C13H14N2OS. The van der Waals surface area contributed by atoms with Crippen LogP contribution >= 0.6 is 11.3 Å². The minimum absolute atomic E-state index is 0.00514. The predicted molar refractivity (Wildman–Crippen MR) is 68.9 cm³/mol. The highest BCUT2D eigenvalue weighted by atomic mass is 32.1. The highest BCUT2D eigenvalue weighted by molar-refractivity contribution is 7.09. The molecule has 0 aliphatic heterocycles. The number of nitrogens with zero attached hydrogens (tertiary/aromatic N) is 1. The van der Waals surface area contributed by atoms with E-state index >= 15 is 0 Å². The number of nitrogens with two attached hydrogens (primary N) is 1. The zero-order chi connectivity index (χ0) is 12.3. The zero-order valence-electron chi connectivity index (χ0n) is 9.59. The van der Waals surface area contributed by atoms with E-state index in [4.69, 9.17) is 5.73 Å². The van der Waals surface area contributed by atoms with Crippen molar-refractivity contribution in [1.29, 1.82) is 0 Å². The molecule has 1 aromatic carbocycles. The van der Waals surface area contributed by atoms with Crippen molar-refractivity contribution >= 4 is 17.1 Å². The number of ketones is 1. The number of aryl methyl sites for hydroxylation is 1. The van der Waals surface area contributed by atoms with Gasteiger partial charge in [0.25, 0.3) is 0 Å². The van der Waals surface area contributed by atoms with Gasteiger partial charge in [0.1, 0.15) is 5.01 Å². The zero-order valence-corrected chi connectivity index (χ0v) is 10.4. The van der Waals surface area contributed by atoms with Crippen molar-refractivity contribution in [3.05, 3.63) is 52.0 Å². The Morgan fingerprint density at radius 2 is 2.12 bits per heavy atom. The third kappa shape index (κ3) is 2.99. The molecule has 4 heteroatoms. The molecule has 2 rings (SSSR count). The molecule has 0 bridgehead atoms. The van der Waals surface area contributed by atoms with E-state index in [2.05, 4.69) is 4.98 Å². The Morgan fingerprint density at radius 1 is 1.41 bits per heavy atom. The molecule has 1 atom stereocenters. The molecule has 0 fully saturated rings. The van der Waals surface area contributed by atoms with Crippen LogP contribution in [0, 0.1) is 6.92 Å². The number of hydrogen-bond donors (Lipinski definition) is 1. The van der Waals surface area contributed by atoms with Gasteiger partial charge in [-0.05, 0) is 12.5 Å². The fraction of sp³-hybridized carbons (Fsp3) is 0.231. The number of thiazole rings is 1. The molecule has 88 valence electrons. The third-order valence-corrected chi connectivity index (χ3v) is 3.46. The molecule has 3 nitrogen and oxygen atoms in total. The van der Waals surface area contributed by atoms with Gasteiger partial charge in [0, 0.05) is 11.1 Å². The van der Waals surface area contributed by atoms with E-state index < -0.39 is 6.04 Å². The van der Waals surface area contributed by atoms with E-state index in [-0.39, 0.29) is 5.78 Å². The van der Waals surface area contributed by atoms with E-state index in [0.29, 0.717) is 6.42 Å². The summed E-state index contributed by atoms with van der Waals surface area (Å²) in [5, 5.41) is 2.77. The maximum absolute atomic E-state index is 12.0. The van der Waals surface area contributed by atoms with E-state index in [0.717, 1.165) is 16.3 Å². The van der Waals surface area contributed by atoms with Gasteiger partial charge in [-0.3, -0.25) is 4.79 Å². The second-order valence-electron chi connectivity index (χ2n) is 3.91. The fourth-order valence-electron chi connectivity index (χ4n) is 1.59. The Kier molecular flexibility index (Phi) is 3.66. The second-order valence-corrected chi connectivity index (χ2v) is 4.86. The number of rotatable bonds is 4. The first-order valence-electron chi connectivity index (χ1n) is 5.41. The molecule has 0 radical (unpaired) electrons. The molecule has 2 N–H and O–H groups in total. The van der Waals surface area contributed by atoms with Crippen LogP contribution in [-0.4, -0.2) is 10.8 Å². The summed E-state index contributed by atoms with van der Waals surface area (Å²) in [6.07, 6.45) is 0.314. The van der Waals surface area contributed by atoms with Gasteiger partial charge in [0.2, 0.25) is 0 Å². The Labute approximate surface area is 104 Å². The lowest BCUT2D eigenvalue weighted by Gasteiger charge is -2.09. The van der Waals surface area contributed by atoms with Gasteiger partial charge in [-0.15, -0.1) is 11.3 Å². The van der Waals surface area contributed by atoms with Crippen LogP contribution in [0.5, 0.6) is 0 Å². The van der Waals surface area contributed by atoms with Crippen molar-refractivity contribution in [2.24, 2.45) is 5.73 Å². The number of carbonyl (C=O) groups excluding carboxylic acids is 1. The molecule has 17 heavy (non-hydrogen) atoms. The van der Waals surface area contributed by atoms with Crippen molar-refractivity contribution in [2.75, 3.05) is 0 Å². The molecule has 2 aromatic rings. The Morgan fingerprint density at radius 3 is 2.71 bits per heavy atom. The van der Waals surface area contributed by atoms with Crippen LogP contribution in [0.4, 0.5) is 0 Å². The SMILES string of the molecule is Cc1csc(CC(=O)[C@H](N)c2ccccc2)n1. The molecule has 0 spiro atoms. The van der Waals surface area contributed by atoms with Gasteiger partial charge < -0.3 is 5.73 Å². The molecular weight excluding hydrogens is 232 g/mol. The Hall–Kier alpha value is -1.52. The molecule has 0 saturated heterocycles. The first kappa shape index (κ1) is 12.0. The van der Waals surface area contributed by atoms with E-state index in [1.165, 1.54) is 11.3 Å². The number of hydrogen-bond acceptors (Lipinski definition) is 4. The number of Topliss-reactive ketones (excluding diaryl/α,β-unsaturated/α-hetero) is 1. The Bertz CT molecular complexity index is 507. The highest BCUT2D eigenvalue weighted by Gasteiger charge is 2.17. The van der Waals surface area contributed by atoms with Crippen molar-refractivity contribution in [1.82, 2.24) is 4.98 Å². The monoisotopic (exact) mass is 246 g/mol. The largest absolute Gasteiger partial charge is 0.318 e. The average molecular weight is 246 g/mol. The molecule has 1 heterocycles. The van der Waals surface area contributed by atoms with E-state index in [9.17, 15) is 4.79 Å². The predicted octanol–water partition coefficient (Wildman–Crippen LogP) is 2.26. The lowest BCUT2D eigenvalue weighted by molar-refractivity contribution is -0.119. The van der Waals surface area contributed by atoms with Crippen LogP contribution in [-0.2, 0) is 11.2 Å². The van der Waals surface area contributed by atoms with Crippen LogP contribution in [0.1, 0.15) is 22.3 Å². The third-order valence-electron chi connectivity index (χ3n) is 2.50. The summed E-state index contributed by atoms with van der Waals surface area (Å²) in [5.41, 5.74) is 7.72. The number of benzene rings is 1. The standard InChI is InChI=1S/C13H14N2OS/c1-9-8-17-12(15-9)7-11(16)13(14)10-5-3-2-4-6-10/h2-6,8,13H,7,14H2,1H3/t13-/m1/s1. The lowest BCUT2D eigenvalue weighted by Crippen LogP contribution is -2.22. The van der Waals surface area contributed by atoms with Gasteiger partial charge in [-0.2, -0.15) is 0 Å². The van der Waals surface area contributed by atoms with Crippen LogP contribution < -0.4 is 5.73 Å². The van der Waals surface area contributed by atoms with Gasteiger partial charge in [-0.25, -0.2) is 4.98 Å². The summed E-state index contributed by atoms with van der Waals surface area (Å²) in [7, 11) is 0. The van der Waals surface area contributed by atoms with Gasteiger partial charge in [-0.1, -0.05) is 30.3 Å². The number of aromatic nitrogens is 1. The van der Waals surface area contributed by atoms with Crippen LogP contribution in [0.15, 0.2) is 35.7 Å².